The predicted octanol–water partition coefficient (Wildman–Crippen LogP) is 4.73. The maximum Gasteiger partial charge on any atom is 0.245 e. The molecule has 0 radical (unpaired) electrons. The molecule has 0 aliphatic rings. The highest BCUT2D eigenvalue weighted by molar-refractivity contribution is 7.89. The van der Waals surface area contributed by atoms with Crippen LogP contribution in [0.3, 0.4) is 0 Å². The van der Waals surface area contributed by atoms with Crippen LogP contribution in [0.25, 0.3) is 11.4 Å². The molecule has 1 N–H and O–H groups in total. The van der Waals surface area contributed by atoms with Crippen molar-refractivity contribution in [3.05, 3.63) is 58.4 Å². The van der Waals surface area contributed by atoms with Gasteiger partial charge in [0.05, 0.1) is 12.1 Å². The minimum Gasteiger partial charge on any atom is -0.497 e. The summed E-state index contributed by atoms with van der Waals surface area (Å²) in [5.41, 5.74) is 0.712. The number of hydrogen-bond acceptors (Lipinski definition) is 6. The smallest absolute Gasteiger partial charge is 0.245 e. The molecule has 3 rings (SSSR count). The van der Waals surface area contributed by atoms with Crippen LogP contribution in [0.2, 0.25) is 10.0 Å². The van der Waals surface area contributed by atoms with Crippen molar-refractivity contribution in [1.82, 2.24) is 14.9 Å². The van der Waals surface area contributed by atoms with E-state index in [0.717, 1.165) is 0 Å². The molecule has 3 aromatic rings. The van der Waals surface area contributed by atoms with Crippen molar-refractivity contribution < 1.29 is 17.7 Å². The molecular formula is C19H19Cl2N3O4S. The predicted molar refractivity (Wildman–Crippen MR) is 111 cm³/mol. The van der Waals surface area contributed by atoms with Crippen molar-refractivity contribution in [3.63, 3.8) is 0 Å². The highest BCUT2D eigenvalue weighted by Gasteiger charge is 2.30. The molecule has 1 aromatic heterocycles. The molecule has 7 nitrogen and oxygen atoms in total. The zero-order valence-electron chi connectivity index (χ0n) is 15.9. The van der Waals surface area contributed by atoms with E-state index in [2.05, 4.69) is 14.9 Å². The SMILES string of the molecule is COc1ccc(-c2noc([C@@H](NS(=O)(=O)c3cc(Cl)ccc3Cl)C(C)C)n2)cc1. The quantitative estimate of drug-likeness (QED) is 0.553. The Labute approximate surface area is 179 Å². The van der Waals surface area contributed by atoms with Crippen LogP contribution in [0.5, 0.6) is 5.75 Å². The van der Waals surface area contributed by atoms with E-state index in [0.29, 0.717) is 17.1 Å². The van der Waals surface area contributed by atoms with E-state index in [-0.39, 0.29) is 26.7 Å². The van der Waals surface area contributed by atoms with Gasteiger partial charge in [0.1, 0.15) is 16.7 Å². The van der Waals surface area contributed by atoms with Gasteiger partial charge in [-0.2, -0.15) is 9.71 Å². The lowest BCUT2D eigenvalue weighted by Gasteiger charge is -2.19. The Balaban J connectivity index is 1.90. The van der Waals surface area contributed by atoms with Crippen LogP contribution in [-0.2, 0) is 10.0 Å². The first-order valence-electron chi connectivity index (χ1n) is 8.66. The molecule has 10 heteroatoms. The van der Waals surface area contributed by atoms with Gasteiger partial charge in [0.25, 0.3) is 0 Å². The summed E-state index contributed by atoms with van der Waals surface area (Å²) in [5, 5.41) is 4.29. The van der Waals surface area contributed by atoms with Crippen molar-refractivity contribution in [2.24, 2.45) is 5.92 Å². The lowest BCUT2D eigenvalue weighted by atomic mass is 10.1. The Hall–Kier alpha value is -2.13. The highest BCUT2D eigenvalue weighted by Crippen LogP contribution is 2.29. The Kier molecular flexibility index (Phi) is 6.48. The van der Waals surface area contributed by atoms with E-state index in [9.17, 15) is 8.42 Å². The van der Waals surface area contributed by atoms with Crippen molar-refractivity contribution in [1.29, 1.82) is 0 Å². The Morgan fingerprint density at radius 2 is 1.79 bits per heavy atom. The fourth-order valence-corrected chi connectivity index (χ4v) is 4.70. The molecule has 0 amide bonds. The maximum absolute atomic E-state index is 12.9. The molecule has 1 heterocycles. The van der Waals surface area contributed by atoms with E-state index in [1.807, 2.05) is 13.8 Å². The van der Waals surface area contributed by atoms with Crippen molar-refractivity contribution in [2.75, 3.05) is 7.11 Å². The third-order valence-electron chi connectivity index (χ3n) is 4.19. The van der Waals surface area contributed by atoms with Gasteiger partial charge in [-0.05, 0) is 48.4 Å². The summed E-state index contributed by atoms with van der Waals surface area (Å²) in [4.78, 5) is 4.25. The highest BCUT2D eigenvalue weighted by atomic mass is 35.5. The monoisotopic (exact) mass is 455 g/mol. The Morgan fingerprint density at radius 1 is 1.10 bits per heavy atom. The molecule has 0 fully saturated rings. The van der Waals surface area contributed by atoms with Gasteiger partial charge in [-0.25, -0.2) is 8.42 Å². The molecule has 0 aliphatic carbocycles. The number of hydrogen-bond donors (Lipinski definition) is 1. The third-order valence-corrected chi connectivity index (χ3v) is 6.35. The second-order valence-electron chi connectivity index (χ2n) is 6.60. The third kappa shape index (κ3) is 4.90. The van der Waals surface area contributed by atoms with Crippen LogP contribution in [0.1, 0.15) is 25.8 Å². The van der Waals surface area contributed by atoms with Crippen LogP contribution in [-0.4, -0.2) is 25.7 Å². The van der Waals surface area contributed by atoms with Crippen molar-refractivity contribution >= 4 is 33.2 Å². The van der Waals surface area contributed by atoms with Crippen molar-refractivity contribution in [2.45, 2.75) is 24.8 Å². The van der Waals surface area contributed by atoms with Crippen LogP contribution < -0.4 is 9.46 Å². The molecule has 0 bridgehead atoms. The van der Waals surface area contributed by atoms with Crippen LogP contribution in [0, 0.1) is 5.92 Å². The van der Waals surface area contributed by atoms with E-state index in [4.69, 9.17) is 32.5 Å². The number of methoxy groups -OCH3 is 1. The zero-order valence-corrected chi connectivity index (χ0v) is 18.2. The average molecular weight is 456 g/mol. The summed E-state index contributed by atoms with van der Waals surface area (Å²) < 4.78 is 38.8. The van der Waals surface area contributed by atoms with E-state index >= 15 is 0 Å². The zero-order chi connectivity index (χ0) is 21.2. The molecule has 29 heavy (non-hydrogen) atoms. The first-order chi connectivity index (χ1) is 13.7. The van der Waals surface area contributed by atoms with Gasteiger partial charge in [0.2, 0.25) is 21.7 Å². The van der Waals surface area contributed by atoms with Gasteiger partial charge in [-0.1, -0.05) is 42.2 Å². The van der Waals surface area contributed by atoms with Crippen molar-refractivity contribution in [3.8, 4) is 17.1 Å². The molecule has 154 valence electrons. The summed E-state index contributed by atoms with van der Waals surface area (Å²) in [7, 11) is -2.40. The van der Waals surface area contributed by atoms with E-state index < -0.39 is 16.1 Å². The number of nitrogens with zero attached hydrogens (tertiary/aromatic N) is 2. The Bertz CT molecular complexity index is 1100. The largest absolute Gasteiger partial charge is 0.497 e. The van der Waals surface area contributed by atoms with Gasteiger partial charge in [-0.3, -0.25) is 0 Å². The lowest BCUT2D eigenvalue weighted by molar-refractivity contribution is 0.311. The molecule has 0 saturated carbocycles. The number of aromatic nitrogens is 2. The van der Waals surface area contributed by atoms with E-state index in [1.165, 1.54) is 18.2 Å². The van der Waals surface area contributed by atoms with Gasteiger partial charge < -0.3 is 9.26 Å². The van der Waals surface area contributed by atoms with Gasteiger partial charge in [0.15, 0.2) is 0 Å². The number of nitrogens with one attached hydrogen (secondary N) is 1. The summed E-state index contributed by atoms with van der Waals surface area (Å²) in [6.45, 7) is 3.67. The Morgan fingerprint density at radius 3 is 2.41 bits per heavy atom. The molecule has 2 aromatic carbocycles. The topological polar surface area (TPSA) is 94.3 Å². The molecule has 1 atom stereocenters. The average Bonchev–Trinajstić information content (AvgIpc) is 3.17. The summed E-state index contributed by atoms with van der Waals surface area (Å²) in [5.74, 6) is 1.01. The number of ether oxygens (including phenoxy) is 1. The van der Waals surface area contributed by atoms with Gasteiger partial charge in [0, 0.05) is 10.6 Å². The fraction of sp³-hybridized carbons (Fsp3) is 0.263. The first-order valence-corrected chi connectivity index (χ1v) is 10.9. The summed E-state index contributed by atoms with van der Waals surface area (Å²) in [6, 6.07) is 10.6. The summed E-state index contributed by atoms with van der Waals surface area (Å²) in [6.07, 6.45) is 0. The first kappa shape index (κ1) is 21.6. The van der Waals surface area contributed by atoms with Crippen LogP contribution in [0.4, 0.5) is 0 Å². The second kappa shape index (κ2) is 8.71. The number of sulfonamides is 1. The normalized spacial score (nSPS) is 12.9. The number of rotatable bonds is 7. The lowest BCUT2D eigenvalue weighted by Crippen LogP contribution is -2.32. The van der Waals surface area contributed by atoms with Gasteiger partial charge in [-0.15, -0.1) is 0 Å². The van der Waals surface area contributed by atoms with Crippen LogP contribution in [0.15, 0.2) is 51.9 Å². The molecule has 0 aliphatic heterocycles. The molecular weight excluding hydrogens is 437 g/mol. The molecule has 0 unspecified atom stereocenters. The molecule has 0 saturated heterocycles. The maximum atomic E-state index is 12.9. The second-order valence-corrected chi connectivity index (χ2v) is 9.13. The fourth-order valence-electron chi connectivity index (χ4n) is 2.60. The van der Waals surface area contributed by atoms with E-state index in [1.54, 1.807) is 31.4 Å². The molecule has 0 spiro atoms. The standard InChI is InChI=1S/C19H19Cl2N3O4S/c1-11(2)17(24-29(25,26)16-10-13(20)6-9-15(16)21)19-22-18(23-28-19)12-4-7-14(27-3)8-5-12/h4-11,17,24H,1-3H3/t17-/m0/s1. The minimum absolute atomic E-state index is 0.0638. The summed E-state index contributed by atoms with van der Waals surface area (Å²) >= 11 is 12.0. The van der Waals surface area contributed by atoms with Crippen LogP contribution >= 0.6 is 23.2 Å². The number of halogens is 2. The van der Waals surface area contributed by atoms with Gasteiger partial charge >= 0.3 is 0 Å². The minimum atomic E-state index is -3.98. The number of benzene rings is 2.